The van der Waals surface area contributed by atoms with Gasteiger partial charge < -0.3 is 21.5 Å². The number of carbonyl (C=O) groups is 3. The number of carbonyl (C=O) groups excluding carboxylic acids is 3. The number of nitrogens with zero attached hydrogens (tertiary/aromatic N) is 4. The van der Waals surface area contributed by atoms with Crippen molar-refractivity contribution in [2.24, 2.45) is 11.7 Å². The number of benzene rings is 2. The van der Waals surface area contributed by atoms with E-state index in [1.807, 2.05) is 37.3 Å². The van der Waals surface area contributed by atoms with Crippen LogP contribution in [-0.2, 0) is 11.3 Å². The summed E-state index contributed by atoms with van der Waals surface area (Å²) in [5.41, 5.74) is 9.38. The Labute approximate surface area is 232 Å². The largest absolute Gasteiger partial charge is 0.507 e. The number of anilines is 1. The molecule has 0 unspecified atom stereocenters. The van der Waals surface area contributed by atoms with Crippen LogP contribution in [0.25, 0.3) is 11.3 Å². The molecule has 1 aliphatic carbocycles. The van der Waals surface area contributed by atoms with Gasteiger partial charge in [-0.05, 0) is 49.6 Å². The summed E-state index contributed by atoms with van der Waals surface area (Å²) < 4.78 is 2.47. The molecule has 0 atom stereocenters. The first-order valence-electron chi connectivity index (χ1n) is 13.0. The van der Waals surface area contributed by atoms with E-state index >= 15 is 0 Å². The Bertz CT molecular complexity index is 1500. The summed E-state index contributed by atoms with van der Waals surface area (Å²) in [4.78, 5) is 35.0. The first-order valence-corrected chi connectivity index (χ1v) is 13.0. The molecule has 11 heteroatoms. The zero-order valence-electron chi connectivity index (χ0n) is 22.7. The number of primary amides is 1. The van der Waals surface area contributed by atoms with Crippen LogP contribution >= 0.6 is 0 Å². The molecule has 1 aliphatic rings. The zero-order chi connectivity index (χ0) is 28.8. The monoisotopic (exact) mass is 543 g/mol. The molecule has 0 bridgehead atoms. The Morgan fingerprint density at radius 1 is 1.10 bits per heavy atom. The van der Waals surface area contributed by atoms with Crippen molar-refractivity contribution in [2.75, 3.05) is 5.32 Å². The van der Waals surface area contributed by atoms with Crippen LogP contribution < -0.4 is 16.4 Å². The summed E-state index contributed by atoms with van der Waals surface area (Å²) in [6.07, 6.45) is 5.01. The highest BCUT2D eigenvalue weighted by Gasteiger charge is 2.30. The number of nitrogens with two attached hydrogens (primary N) is 1. The number of amides is 3. The van der Waals surface area contributed by atoms with Crippen LogP contribution in [0.1, 0.15) is 49.4 Å². The SMILES string of the molecule is Cc1cccc(CNC(=O)n2nc(-c3ccc(NC(=O)C(C)C)cc3O)cc2C2CC2)c1.NC(=O)n1cccn1. The third kappa shape index (κ3) is 7.13. The Morgan fingerprint density at radius 3 is 2.45 bits per heavy atom. The van der Waals surface area contributed by atoms with Gasteiger partial charge in [-0.25, -0.2) is 9.59 Å². The molecule has 1 fully saturated rings. The van der Waals surface area contributed by atoms with Gasteiger partial charge in [0.05, 0.1) is 11.4 Å². The van der Waals surface area contributed by atoms with Gasteiger partial charge in [0.1, 0.15) is 5.75 Å². The lowest BCUT2D eigenvalue weighted by atomic mass is 10.1. The molecular formula is C29H33N7O4. The van der Waals surface area contributed by atoms with Crippen molar-refractivity contribution in [3.8, 4) is 17.0 Å². The number of nitrogens with one attached hydrogen (secondary N) is 2. The molecule has 0 aliphatic heterocycles. The summed E-state index contributed by atoms with van der Waals surface area (Å²) in [5, 5.41) is 24.3. The quantitative estimate of drug-likeness (QED) is 0.278. The Balaban J connectivity index is 0.000000398. The second kappa shape index (κ2) is 12.3. The maximum Gasteiger partial charge on any atom is 0.342 e. The first-order chi connectivity index (χ1) is 19.1. The highest BCUT2D eigenvalue weighted by atomic mass is 16.3. The molecule has 1 saturated carbocycles. The molecule has 2 heterocycles. The standard InChI is InChI=1S/C25H28N4O3.C4H5N3O/c1-15(2)24(31)27-19-9-10-20(23(30)12-19)21-13-22(18-7-8-18)29(28-21)25(32)26-14-17-6-4-5-16(3)11-17;5-4(8)7-3-1-2-6-7/h4-6,9-13,15,18,30H,7-8,14H2,1-3H3,(H,26,32)(H,27,31);1-3H,(H2,5,8). The fraction of sp³-hybridized carbons (Fsp3) is 0.276. The summed E-state index contributed by atoms with van der Waals surface area (Å²) in [7, 11) is 0. The molecule has 2 aromatic heterocycles. The van der Waals surface area contributed by atoms with E-state index in [-0.39, 0.29) is 23.6 Å². The lowest BCUT2D eigenvalue weighted by molar-refractivity contribution is -0.118. The van der Waals surface area contributed by atoms with E-state index in [9.17, 15) is 19.5 Å². The average molecular weight is 544 g/mol. The highest BCUT2D eigenvalue weighted by Crippen LogP contribution is 2.42. The van der Waals surface area contributed by atoms with Gasteiger partial charge >= 0.3 is 12.1 Å². The zero-order valence-corrected chi connectivity index (χ0v) is 22.7. The van der Waals surface area contributed by atoms with Crippen LogP contribution in [0.2, 0.25) is 0 Å². The second-order valence-electron chi connectivity index (χ2n) is 9.95. The summed E-state index contributed by atoms with van der Waals surface area (Å²) >= 11 is 0. The first kappa shape index (κ1) is 28.1. The van der Waals surface area contributed by atoms with Gasteiger partial charge in [0.15, 0.2) is 0 Å². The number of rotatable bonds is 6. The average Bonchev–Trinajstić information content (AvgIpc) is 3.41. The van der Waals surface area contributed by atoms with Crippen LogP contribution in [0.4, 0.5) is 15.3 Å². The van der Waals surface area contributed by atoms with Crippen molar-refractivity contribution in [3.05, 3.63) is 83.8 Å². The van der Waals surface area contributed by atoms with Gasteiger partial charge in [0.2, 0.25) is 5.91 Å². The Hall–Kier alpha value is -4.93. The second-order valence-corrected chi connectivity index (χ2v) is 9.95. The van der Waals surface area contributed by atoms with Crippen molar-refractivity contribution in [3.63, 3.8) is 0 Å². The molecule has 208 valence electrons. The van der Waals surface area contributed by atoms with E-state index in [1.165, 1.54) is 23.1 Å². The van der Waals surface area contributed by atoms with Gasteiger partial charge in [0.25, 0.3) is 0 Å². The van der Waals surface area contributed by atoms with E-state index in [1.54, 1.807) is 32.0 Å². The molecule has 3 amide bonds. The third-order valence-corrected chi connectivity index (χ3v) is 6.25. The predicted octanol–water partition coefficient (Wildman–Crippen LogP) is 4.60. The van der Waals surface area contributed by atoms with E-state index in [0.29, 0.717) is 29.4 Å². The molecule has 5 rings (SSSR count). The van der Waals surface area contributed by atoms with Crippen molar-refractivity contribution >= 4 is 23.7 Å². The minimum absolute atomic E-state index is 0.00118. The summed E-state index contributed by atoms with van der Waals surface area (Å²) in [6.45, 7) is 6.04. The lowest BCUT2D eigenvalue weighted by Gasteiger charge is -2.09. The number of aryl methyl sites for hydroxylation is 1. The van der Waals surface area contributed by atoms with Crippen molar-refractivity contribution in [1.82, 2.24) is 24.9 Å². The fourth-order valence-electron chi connectivity index (χ4n) is 3.95. The number of hydrogen-bond donors (Lipinski definition) is 4. The van der Waals surface area contributed by atoms with E-state index < -0.39 is 6.03 Å². The van der Waals surface area contributed by atoms with E-state index in [4.69, 9.17) is 5.73 Å². The molecule has 0 saturated heterocycles. The van der Waals surface area contributed by atoms with Gasteiger partial charge in [-0.3, -0.25) is 4.79 Å². The number of phenols is 1. The third-order valence-electron chi connectivity index (χ3n) is 6.25. The molecule has 40 heavy (non-hydrogen) atoms. The minimum atomic E-state index is -0.560. The maximum atomic E-state index is 12.9. The molecule has 5 N–H and O–H groups in total. The molecular weight excluding hydrogens is 510 g/mol. The van der Waals surface area contributed by atoms with Crippen molar-refractivity contribution in [1.29, 1.82) is 0 Å². The van der Waals surface area contributed by atoms with Crippen molar-refractivity contribution in [2.45, 2.75) is 46.1 Å². The molecule has 0 radical (unpaired) electrons. The number of aromatic nitrogens is 4. The number of hydrogen-bond acceptors (Lipinski definition) is 6. The van der Waals surface area contributed by atoms with Crippen LogP contribution in [0, 0.1) is 12.8 Å². The van der Waals surface area contributed by atoms with Crippen LogP contribution in [0.15, 0.2) is 67.0 Å². The van der Waals surface area contributed by atoms with E-state index in [0.717, 1.165) is 34.3 Å². The van der Waals surface area contributed by atoms with Gasteiger partial charge in [-0.15, -0.1) is 0 Å². The van der Waals surface area contributed by atoms with Crippen LogP contribution in [0.3, 0.4) is 0 Å². The van der Waals surface area contributed by atoms with Crippen molar-refractivity contribution < 1.29 is 19.5 Å². The molecule has 4 aromatic rings. The minimum Gasteiger partial charge on any atom is -0.507 e. The highest BCUT2D eigenvalue weighted by molar-refractivity contribution is 5.92. The van der Waals surface area contributed by atoms with Gasteiger partial charge in [0, 0.05) is 48.1 Å². The Morgan fingerprint density at radius 2 is 1.88 bits per heavy atom. The van der Waals surface area contributed by atoms with Crippen LogP contribution in [-0.4, -0.2) is 42.6 Å². The topological polar surface area (TPSA) is 157 Å². The Kier molecular flexibility index (Phi) is 8.63. The van der Waals surface area contributed by atoms with E-state index in [2.05, 4.69) is 20.8 Å². The molecule has 0 spiro atoms. The number of aromatic hydroxyl groups is 1. The van der Waals surface area contributed by atoms with Crippen LogP contribution in [0.5, 0.6) is 5.75 Å². The molecule has 2 aromatic carbocycles. The van der Waals surface area contributed by atoms with Gasteiger partial charge in [-0.2, -0.15) is 19.6 Å². The summed E-state index contributed by atoms with van der Waals surface area (Å²) in [6, 6.07) is 15.6. The van der Waals surface area contributed by atoms with Gasteiger partial charge in [-0.1, -0.05) is 43.7 Å². The molecule has 11 nitrogen and oxygen atoms in total. The number of phenolic OH excluding ortho intramolecular Hbond substituents is 1. The lowest BCUT2D eigenvalue weighted by Crippen LogP contribution is -2.30. The summed E-state index contributed by atoms with van der Waals surface area (Å²) in [5.74, 6) is 0.0149. The predicted molar refractivity (Wildman–Crippen MR) is 151 cm³/mol. The fourth-order valence-corrected chi connectivity index (χ4v) is 3.95. The normalized spacial score (nSPS) is 12.4. The smallest absolute Gasteiger partial charge is 0.342 e. The maximum absolute atomic E-state index is 12.9.